The van der Waals surface area contributed by atoms with Gasteiger partial charge in [0.15, 0.2) is 0 Å². The fourth-order valence-electron chi connectivity index (χ4n) is 0.975. The van der Waals surface area contributed by atoms with Gasteiger partial charge in [0.25, 0.3) is 0 Å². The molecule has 0 amide bonds. The molecule has 1 atom stereocenters. The second-order valence-corrected chi connectivity index (χ2v) is 2.24. The third-order valence-electron chi connectivity index (χ3n) is 1.46. The lowest BCUT2D eigenvalue weighted by Crippen LogP contribution is -2.16. The van der Waals surface area contributed by atoms with Crippen molar-refractivity contribution < 1.29 is 4.74 Å². The van der Waals surface area contributed by atoms with E-state index in [1.54, 1.807) is 6.08 Å². The van der Waals surface area contributed by atoms with Crippen molar-refractivity contribution in [1.29, 1.82) is 0 Å². The molecule has 0 bridgehead atoms. The van der Waals surface area contributed by atoms with Crippen molar-refractivity contribution in [3.8, 4) is 0 Å². The molecule has 60 valence electrons. The van der Waals surface area contributed by atoms with Crippen LogP contribution in [0.25, 0.3) is 0 Å². The Kier molecular flexibility index (Phi) is 5.69. The minimum Gasteiger partial charge on any atom is -0.373 e. The smallest absolute Gasteiger partial charge is 0.0715 e. The SMILES string of the molecule is C=CCO[C@H]1CCNC1.Cl. The van der Waals surface area contributed by atoms with Gasteiger partial charge >= 0.3 is 0 Å². The summed E-state index contributed by atoms with van der Waals surface area (Å²) in [6.07, 6.45) is 3.37. The van der Waals surface area contributed by atoms with Gasteiger partial charge in [-0.05, 0) is 13.0 Å². The summed E-state index contributed by atoms with van der Waals surface area (Å²) in [7, 11) is 0. The molecule has 2 nitrogen and oxygen atoms in total. The van der Waals surface area contributed by atoms with Gasteiger partial charge in [-0.3, -0.25) is 0 Å². The summed E-state index contributed by atoms with van der Waals surface area (Å²) in [5.74, 6) is 0. The van der Waals surface area contributed by atoms with E-state index < -0.39 is 0 Å². The van der Waals surface area contributed by atoms with E-state index >= 15 is 0 Å². The van der Waals surface area contributed by atoms with Crippen LogP contribution in [0.4, 0.5) is 0 Å². The quantitative estimate of drug-likeness (QED) is 0.627. The van der Waals surface area contributed by atoms with Crippen LogP contribution >= 0.6 is 12.4 Å². The fourth-order valence-corrected chi connectivity index (χ4v) is 0.975. The van der Waals surface area contributed by atoms with E-state index in [1.807, 2.05) is 0 Å². The molecule has 3 heteroatoms. The molecule has 0 aromatic rings. The Balaban J connectivity index is 0.000000810. The highest BCUT2D eigenvalue weighted by Gasteiger charge is 2.12. The molecule has 0 saturated carbocycles. The molecule has 1 aliphatic rings. The lowest BCUT2D eigenvalue weighted by atomic mass is 10.3. The van der Waals surface area contributed by atoms with E-state index in [9.17, 15) is 0 Å². The van der Waals surface area contributed by atoms with Crippen LogP contribution in [0.3, 0.4) is 0 Å². The lowest BCUT2D eigenvalue weighted by Gasteiger charge is -2.06. The summed E-state index contributed by atoms with van der Waals surface area (Å²) in [5.41, 5.74) is 0. The number of halogens is 1. The van der Waals surface area contributed by atoms with Crippen LogP contribution in [0.5, 0.6) is 0 Å². The van der Waals surface area contributed by atoms with E-state index in [4.69, 9.17) is 4.74 Å². The third kappa shape index (κ3) is 3.20. The summed E-state index contributed by atoms with van der Waals surface area (Å²) < 4.78 is 5.37. The molecular weight excluding hydrogens is 150 g/mol. The highest BCUT2D eigenvalue weighted by molar-refractivity contribution is 5.85. The Morgan fingerprint density at radius 1 is 1.70 bits per heavy atom. The Bertz CT molecular complexity index is 91.6. The average molecular weight is 164 g/mol. The first-order chi connectivity index (χ1) is 4.43. The van der Waals surface area contributed by atoms with Crippen LogP contribution in [0.1, 0.15) is 6.42 Å². The van der Waals surface area contributed by atoms with Crippen LogP contribution in [-0.2, 0) is 4.74 Å². The lowest BCUT2D eigenvalue weighted by molar-refractivity contribution is 0.0896. The summed E-state index contributed by atoms with van der Waals surface area (Å²) in [4.78, 5) is 0. The van der Waals surface area contributed by atoms with Crippen molar-refractivity contribution in [2.24, 2.45) is 0 Å². The van der Waals surface area contributed by atoms with Crippen LogP contribution < -0.4 is 5.32 Å². The maximum absolute atomic E-state index is 5.37. The highest BCUT2D eigenvalue weighted by atomic mass is 35.5. The van der Waals surface area contributed by atoms with Crippen molar-refractivity contribution >= 4 is 12.4 Å². The van der Waals surface area contributed by atoms with Gasteiger partial charge in [0.05, 0.1) is 12.7 Å². The Labute approximate surface area is 68.0 Å². The molecule has 1 aliphatic heterocycles. The molecule has 1 heterocycles. The Morgan fingerprint density at radius 3 is 3.00 bits per heavy atom. The van der Waals surface area contributed by atoms with E-state index in [-0.39, 0.29) is 12.4 Å². The average Bonchev–Trinajstić information content (AvgIpc) is 2.34. The highest BCUT2D eigenvalue weighted by Crippen LogP contribution is 2.01. The van der Waals surface area contributed by atoms with Gasteiger partial charge in [0.1, 0.15) is 0 Å². The number of hydrogen-bond acceptors (Lipinski definition) is 2. The maximum atomic E-state index is 5.37. The summed E-state index contributed by atoms with van der Waals surface area (Å²) in [6.45, 7) is 6.37. The second kappa shape index (κ2) is 5.71. The summed E-state index contributed by atoms with van der Waals surface area (Å²) in [5, 5.41) is 3.22. The molecule has 1 rings (SSSR count). The maximum Gasteiger partial charge on any atom is 0.0715 e. The summed E-state index contributed by atoms with van der Waals surface area (Å²) in [6, 6.07) is 0. The molecule has 0 aromatic carbocycles. The van der Waals surface area contributed by atoms with Crippen molar-refractivity contribution in [2.75, 3.05) is 19.7 Å². The number of nitrogens with one attached hydrogen (secondary N) is 1. The standard InChI is InChI=1S/C7H13NO.ClH/c1-2-5-9-7-3-4-8-6-7;/h2,7-8H,1,3-6H2;1H/t7-;/m0./s1. The van der Waals surface area contributed by atoms with E-state index in [2.05, 4.69) is 11.9 Å². The summed E-state index contributed by atoms with van der Waals surface area (Å²) >= 11 is 0. The zero-order valence-corrected chi connectivity index (χ0v) is 6.82. The first-order valence-corrected chi connectivity index (χ1v) is 3.36. The molecule has 0 aliphatic carbocycles. The van der Waals surface area contributed by atoms with Crippen LogP contribution in [0, 0.1) is 0 Å². The predicted octanol–water partition coefficient (Wildman–Crippen LogP) is 0.973. The third-order valence-corrected chi connectivity index (χ3v) is 1.46. The van der Waals surface area contributed by atoms with Crippen molar-refractivity contribution in [1.82, 2.24) is 5.32 Å². The van der Waals surface area contributed by atoms with E-state index in [1.165, 1.54) is 0 Å². The zero-order valence-electron chi connectivity index (χ0n) is 6.01. The van der Waals surface area contributed by atoms with Gasteiger partial charge in [-0.1, -0.05) is 6.08 Å². The van der Waals surface area contributed by atoms with Gasteiger partial charge < -0.3 is 10.1 Å². The minimum absolute atomic E-state index is 0. The number of rotatable bonds is 3. The van der Waals surface area contributed by atoms with Crippen LogP contribution in [-0.4, -0.2) is 25.8 Å². The van der Waals surface area contributed by atoms with Gasteiger partial charge in [-0.2, -0.15) is 0 Å². The fraction of sp³-hybridized carbons (Fsp3) is 0.714. The first-order valence-electron chi connectivity index (χ1n) is 3.36. The zero-order chi connectivity index (χ0) is 6.53. The van der Waals surface area contributed by atoms with Crippen LogP contribution in [0.2, 0.25) is 0 Å². The first kappa shape index (κ1) is 9.95. The van der Waals surface area contributed by atoms with Crippen molar-refractivity contribution in [3.63, 3.8) is 0 Å². The topological polar surface area (TPSA) is 21.3 Å². The molecule has 1 saturated heterocycles. The largest absolute Gasteiger partial charge is 0.373 e. The van der Waals surface area contributed by atoms with Crippen molar-refractivity contribution in [2.45, 2.75) is 12.5 Å². The second-order valence-electron chi connectivity index (χ2n) is 2.24. The predicted molar refractivity (Wildman–Crippen MR) is 44.7 cm³/mol. The Hall–Kier alpha value is -0.0500. The molecule has 10 heavy (non-hydrogen) atoms. The molecule has 0 radical (unpaired) electrons. The van der Waals surface area contributed by atoms with Crippen LogP contribution in [0.15, 0.2) is 12.7 Å². The number of hydrogen-bond donors (Lipinski definition) is 1. The molecule has 0 spiro atoms. The van der Waals surface area contributed by atoms with E-state index in [0.717, 1.165) is 19.5 Å². The monoisotopic (exact) mass is 163 g/mol. The molecular formula is C7H14ClNO. The molecule has 1 fully saturated rings. The van der Waals surface area contributed by atoms with Gasteiger partial charge in [0, 0.05) is 6.54 Å². The molecule has 1 N–H and O–H groups in total. The van der Waals surface area contributed by atoms with Gasteiger partial charge in [-0.25, -0.2) is 0 Å². The molecule has 0 unspecified atom stereocenters. The van der Waals surface area contributed by atoms with Crippen molar-refractivity contribution in [3.05, 3.63) is 12.7 Å². The normalized spacial score (nSPS) is 23.8. The Morgan fingerprint density at radius 2 is 2.50 bits per heavy atom. The number of ether oxygens (including phenoxy) is 1. The van der Waals surface area contributed by atoms with Gasteiger partial charge in [0.2, 0.25) is 0 Å². The van der Waals surface area contributed by atoms with Gasteiger partial charge in [-0.15, -0.1) is 19.0 Å². The minimum atomic E-state index is 0. The van der Waals surface area contributed by atoms with E-state index in [0.29, 0.717) is 12.7 Å². The molecule has 0 aromatic heterocycles.